The van der Waals surface area contributed by atoms with Crippen molar-refractivity contribution in [3.63, 3.8) is 0 Å². The fourth-order valence-corrected chi connectivity index (χ4v) is 3.40. The number of urea groups is 1. The minimum Gasteiger partial charge on any atom is -0.366 e. The zero-order chi connectivity index (χ0) is 20.1. The first-order chi connectivity index (χ1) is 13.5. The van der Waals surface area contributed by atoms with Gasteiger partial charge in [0.25, 0.3) is 0 Å². The normalized spacial score (nSPS) is 14.7. The molecule has 1 heterocycles. The average molecular weight is 401 g/mol. The Morgan fingerprint density at radius 2 is 1.61 bits per heavy atom. The van der Waals surface area contributed by atoms with Crippen LogP contribution in [0.1, 0.15) is 22.8 Å². The number of nitrogens with two attached hydrogens (primary N) is 1. The summed E-state index contributed by atoms with van der Waals surface area (Å²) in [5.41, 5.74) is 7.46. The van der Waals surface area contributed by atoms with Crippen molar-refractivity contribution in [1.82, 2.24) is 9.80 Å². The number of primary amides is 1. The number of carbonyl (C=O) groups excluding carboxylic acids is 2. The number of anilines is 1. The standard InChI is InChI=1S/C21H25ClN4O2/c1-2-24-11-13-25(14-12-24)21(28)26(19-9-7-18(22)8-10-19)15-16-3-5-17(6-4-16)20(23)27/h3-10H,2,11-15H2,1H3,(H2,23,27). The summed E-state index contributed by atoms with van der Waals surface area (Å²) in [4.78, 5) is 30.5. The summed E-state index contributed by atoms with van der Waals surface area (Å²) in [6.45, 7) is 6.69. The van der Waals surface area contributed by atoms with E-state index in [4.69, 9.17) is 17.3 Å². The summed E-state index contributed by atoms with van der Waals surface area (Å²) >= 11 is 6.02. The summed E-state index contributed by atoms with van der Waals surface area (Å²) in [5, 5.41) is 0.624. The van der Waals surface area contributed by atoms with E-state index in [9.17, 15) is 9.59 Å². The molecule has 1 saturated heterocycles. The molecule has 2 aromatic rings. The molecule has 148 valence electrons. The monoisotopic (exact) mass is 400 g/mol. The minimum absolute atomic E-state index is 0.0305. The Morgan fingerprint density at radius 3 is 2.14 bits per heavy atom. The molecule has 0 bridgehead atoms. The van der Waals surface area contributed by atoms with E-state index in [-0.39, 0.29) is 6.03 Å². The zero-order valence-electron chi connectivity index (χ0n) is 16.0. The largest absolute Gasteiger partial charge is 0.366 e. The number of likely N-dealkylation sites (N-methyl/N-ethyl adjacent to an activating group) is 1. The average Bonchev–Trinajstić information content (AvgIpc) is 2.72. The highest BCUT2D eigenvalue weighted by molar-refractivity contribution is 6.30. The lowest BCUT2D eigenvalue weighted by molar-refractivity contribution is 0.1000. The van der Waals surface area contributed by atoms with Crippen LogP contribution in [0, 0.1) is 0 Å². The molecule has 3 rings (SSSR count). The zero-order valence-corrected chi connectivity index (χ0v) is 16.7. The second-order valence-corrected chi connectivity index (χ2v) is 7.26. The van der Waals surface area contributed by atoms with E-state index < -0.39 is 5.91 Å². The molecule has 0 saturated carbocycles. The second kappa shape index (κ2) is 9.08. The second-order valence-electron chi connectivity index (χ2n) is 6.83. The van der Waals surface area contributed by atoms with Gasteiger partial charge in [-0.25, -0.2) is 4.79 Å². The van der Waals surface area contributed by atoms with Crippen LogP contribution < -0.4 is 10.6 Å². The fraction of sp³-hybridized carbons (Fsp3) is 0.333. The number of halogens is 1. The molecule has 7 heteroatoms. The van der Waals surface area contributed by atoms with Gasteiger partial charge in [0.15, 0.2) is 0 Å². The van der Waals surface area contributed by atoms with Crippen LogP contribution in [0.15, 0.2) is 48.5 Å². The summed E-state index contributed by atoms with van der Waals surface area (Å²) in [6.07, 6.45) is 0. The molecule has 0 radical (unpaired) electrons. The topological polar surface area (TPSA) is 69.9 Å². The molecular weight excluding hydrogens is 376 g/mol. The predicted molar refractivity (Wildman–Crippen MR) is 112 cm³/mol. The van der Waals surface area contributed by atoms with Crippen molar-refractivity contribution in [2.24, 2.45) is 5.73 Å². The number of amides is 3. The first-order valence-electron chi connectivity index (χ1n) is 9.41. The lowest BCUT2D eigenvalue weighted by Crippen LogP contribution is -2.52. The van der Waals surface area contributed by atoms with Crippen LogP contribution in [0.4, 0.5) is 10.5 Å². The van der Waals surface area contributed by atoms with Crippen molar-refractivity contribution in [2.45, 2.75) is 13.5 Å². The van der Waals surface area contributed by atoms with E-state index in [2.05, 4.69) is 11.8 Å². The highest BCUT2D eigenvalue weighted by Crippen LogP contribution is 2.22. The lowest BCUT2D eigenvalue weighted by atomic mass is 10.1. The molecule has 0 aliphatic carbocycles. The van der Waals surface area contributed by atoms with Crippen molar-refractivity contribution in [3.8, 4) is 0 Å². The lowest BCUT2D eigenvalue weighted by Gasteiger charge is -2.37. The van der Waals surface area contributed by atoms with Gasteiger partial charge in [-0.15, -0.1) is 0 Å². The molecule has 6 nitrogen and oxygen atoms in total. The van der Waals surface area contributed by atoms with Gasteiger partial charge in [0.1, 0.15) is 0 Å². The van der Waals surface area contributed by atoms with Crippen molar-refractivity contribution < 1.29 is 9.59 Å². The Morgan fingerprint density at radius 1 is 1.00 bits per heavy atom. The first kappa shape index (κ1) is 20.2. The maximum absolute atomic E-state index is 13.3. The van der Waals surface area contributed by atoms with Gasteiger partial charge < -0.3 is 15.5 Å². The molecule has 1 aliphatic rings. The molecule has 0 atom stereocenters. The highest BCUT2D eigenvalue weighted by atomic mass is 35.5. The SMILES string of the molecule is CCN1CCN(C(=O)N(Cc2ccc(C(N)=O)cc2)c2ccc(Cl)cc2)CC1. The van der Waals surface area contributed by atoms with Crippen LogP contribution in [0.3, 0.4) is 0 Å². The van der Waals surface area contributed by atoms with Crippen LogP contribution in [0.25, 0.3) is 0 Å². The number of piperazine rings is 1. The van der Waals surface area contributed by atoms with Crippen LogP contribution >= 0.6 is 11.6 Å². The van der Waals surface area contributed by atoms with Gasteiger partial charge in [-0.1, -0.05) is 30.7 Å². The fourth-order valence-electron chi connectivity index (χ4n) is 3.27. The Bertz CT molecular complexity index is 815. The third kappa shape index (κ3) is 4.82. The number of hydrogen-bond acceptors (Lipinski definition) is 3. The summed E-state index contributed by atoms with van der Waals surface area (Å²) in [6, 6.07) is 14.2. The molecule has 0 aromatic heterocycles. The van der Waals surface area contributed by atoms with Crippen LogP contribution in [-0.4, -0.2) is 54.5 Å². The van der Waals surface area contributed by atoms with E-state index in [1.54, 1.807) is 29.2 Å². The van der Waals surface area contributed by atoms with E-state index in [1.165, 1.54) is 0 Å². The molecular formula is C21H25ClN4O2. The van der Waals surface area contributed by atoms with Gasteiger partial charge in [0, 0.05) is 42.5 Å². The maximum atomic E-state index is 13.3. The number of carbonyl (C=O) groups is 2. The van der Waals surface area contributed by atoms with Crippen LogP contribution in [-0.2, 0) is 6.54 Å². The van der Waals surface area contributed by atoms with Gasteiger partial charge in [0.2, 0.25) is 5.91 Å². The van der Waals surface area contributed by atoms with E-state index in [0.717, 1.165) is 30.9 Å². The Hall–Kier alpha value is -2.57. The molecule has 2 N–H and O–H groups in total. The van der Waals surface area contributed by atoms with Crippen molar-refractivity contribution in [2.75, 3.05) is 37.6 Å². The van der Waals surface area contributed by atoms with E-state index >= 15 is 0 Å². The predicted octanol–water partition coefficient (Wildman–Crippen LogP) is 3.20. The number of nitrogens with zero attached hydrogens (tertiary/aromatic N) is 3. The Labute approximate surface area is 170 Å². The Balaban J connectivity index is 1.81. The van der Waals surface area contributed by atoms with Gasteiger partial charge in [0.05, 0.1) is 6.54 Å². The summed E-state index contributed by atoms with van der Waals surface area (Å²) < 4.78 is 0. The van der Waals surface area contributed by atoms with E-state index in [0.29, 0.717) is 30.2 Å². The number of benzene rings is 2. The third-order valence-electron chi connectivity index (χ3n) is 5.04. The van der Waals surface area contributed by atoms with Crippen molar-refractivity contribution in [3.05, 3.63) is 64.7 Å². The van der Waals surface area contributed by atoms with Crippen molar-refractivity contribution >= 4 is 29.2 Å². The quantitative estimate of drug-likeness (QED) is 0.837. The first-order valence-corrected chi connectivity index (χ1v) is 9.79. The molecule has 3 amide bonds. The molecule has 28 heavy (non-hydrogen) atoms. The van der Waals surface area contributed by atoms with E-state index in [1.807, 2.05) is 29.2 Å². The van der Waals surface area contributed by atoms with Gasteiger partial charge in [-0.05, 0) is 48.5 Å². The highest BCUT2D eigenvalue weighted by Gasteiger charge is 2.26. The molecule has 1 aliphatic heterocycles. The van der Waals surface area contributed by atoms with Gasteiger partial charge in [-0.2, -0.15) is 0 Å². The number of hydrogen-bond donors (Lipinski definition) is 1. The maximum Gasteiger partial charge on any atom is 0.324 e. The molecule has 0 unspecified atom stereocenters. The minimum atomic E-state index is -0.467. The van der Waals surface area contributed by atoms with Crippen LogP contribution in [0.5, 0.6) is 0 Å². The Kier molecular flexibility index (Phi) is 6.54. The smallest absolute Gasteiger partial charge is 0.324 e. The van der Waals surface area contributed by atoms with Gasteiger partial charge >= 0.3 is 6.03 Å². The third-order valence-corrected chi connectivity index (χ3v) is 5.29. The summed E-state index contributed by atoms with van der Waals surface area (Å²) in [7, 11) is 0. The van der Waals surface area contributed by atoms with Crippen molar-refractivity contribution in [1.29, 1.82) is 0 Å². The van der Waals surface area contributed by atoms with Crippen LogP contribution in [0.2, 0.25) is 5.02 Å². The summed E-state index contributed by atoms with van der Waals surface area (Å²) in [5.74, 6) is -0.467. The molecule has 0 spiro atoms. The molecule has 2 aromatic carbocycles. The number of rotatable bonds is 5. The van der Waals surface area contributed by atoms with Gasteiger partial charge in [-0.3, -0.25) is 9.69 Å². The molecule has 1 fully saturated rings.